The number of unbranched alkanes of at least 4 members (excludes halogenated alkanes) is 2. The number of benzene rings is 1. The number of hydrogen-bond donors (Lipinski definition) is 0. The first-order valence-corrected chi connectivity index (χ1v) is 8.49. The maximum absolute atomic E-state index is 12.7. The van der Waals surface area contributed by atoms with Crippen LogP contribution in [0.4, 0.5) is 0 Å². The van der Waals surface area contributed by atoms with Gasteiger partial charge in [-0.3, -0.25) is 9.59 Å². The van der Waals surface area contributed by atoms with Crippen molar-refractivity contribution in [2.45, 2.75) is 70.1 Å². The summed E-state index contributed by atoms with van der Waals surface area (Å²) in [7, 11) is 0. The van der Waals surface area contributed by atoms with Crippen molar-refractivity contribution in [1.82, 2.24) is 0 Å². The van der Waals surface area contributed by atoms with Crippen molar-refractivity contribution >= 4 is 11.9 Å². The summed E-state index contributed by atoms with van der Waals surface area (Å²) in [4.78, 5) is 24.6. The number of carbonyl (C=O) groups excluding carboxylic acids is 2. The van der Waals surface area contributed by atoms with Crippen LogP contribution in [-0.2, 0) is 19.7 Å². The molecule has 0 amide bonds. The van der Waals surface area contributed by atoms with Crippen LogP contribution < -0.4 is 0 Å². The lowest BCUT2D eigenvalue weighted by Gasteiger charge is -2.35. The van der Waals surface area contributed by atoms with Crippen LogP contribution in [0.2, 0.25) is 0 Å². The standard InChI is InChI=1S/C19H26O3/c1-2-3-6-13-17(20)22-18(21)19(14-9-5-10-15-19)16-11-7-4-8-12-16/h4,7-8,11-12H,2-3,5-6,9-10,13-15H2,1H3. The van der Waals surface area contributed by atoms with Crippen molar-refractivity contribution in [3.63, 3.8) is 0 Å². The number of hydrogen-bond acceptors (Lipinski definition) is 3. The molecule has 0 N–H and O–H groups in total. The quantitative estimate of drug-likeness (QED) is 0.440. The Morgan fingerprint density at radius 2 is 1.73 bits per heavy atom. The smallest absolute Gasteiger partial charge is 0.324 e. The van der Waals surface area contributed by atoms with Crippen molar-refractivity contribution in [3.8, 4) is 0 Å². The van der Waals surface area contributed by atoms with Gasteiger partial charge < -0.3 is 4.74 Å². The second-order valence-electron chi connectivity index (χ2n) is 6.23. The highest BCUT2D eigenvalue weighted by Crippen LogP contribution is 2.40. The van der Waals surface area contributed by atoms with Crippen molar-refractivity contribution in [1.29, 1.82) is 0 Å². The highest BCUT2D eigenvalue weighted by molar-refractivity contribution is 5.92. The van der Waals surface area contributed by atoms with Crippen molar-refractivity contribution in [2.24, 2.45) is 0 Å². The second-order valence-corrected chi connectivity index (χ2v) is 6.23. The van der Waals surface area contributed by atoms with Crippen molar-refractivity contribution in [2.75, 3.05) is 0 Å². The van der Waals surface area contributed by atoms with Crippen LogP contribution in [0.15, 0.2) is 30.3 Å². The fourth-order valence-corrected chi connectivity index (χ4v) is 3.29. The first-order chi connectivity index (χ1) is 10.7. The Hall–Kier alpha value is -1.64. The summed E-state index contributed by atoms with van der Waals surface area (Å²) in [5.74, 6) is -0.723. The molecule has 120 valence electrons. The zero-order chi connectivity index (χ0) is 15.8. The summed E-state index contributed by atoms with van der Waals surface area (Å²) in [5, 5.41) is 0. The molecule has 1 fully saturated rings. The molecule has 0 atom stereocenters. The highest BCUT2D eigenvalue weighted by Gasteiger charge is 2.43. The molecule has 22 heavy (non-hydrogen) atoms. The molecule has 1 aliphatic carbocycles. The van der Waals surface area contributed by atoms with Crippen molar-refractivity contribution < 1.29 is 14.3 Å². The van der Waals surface area contributed by atoms with Crippen LogP contribution >= 0.6 is 0 Å². The highest BCUT2D eigenvalue weighted by atomic mass is 16.6. The Morgan fingerprint density at radius 1 is 1.05 bits per heavy atom. The molecule has 1 aromatic carbocycles. The molecule has 0 unspecified atom stereocenters. The number of rotatable bonds is 6. The third-order valence-corrected chi connectivity index (χ3v) is 4.62. The van der Waals surface area contributed by atoms with E-state index in [-0.39, 0.29) is 11.9 Å². The van der Waals surface area contributed by atoms with Gasteiger partial charge in [0.1, 0.15) is 0 Å². The topological polar surface area (TPSA) is 43.4 Å². The van der Waals surface area contributed by atoms with Crippen LogP contribution in [0.5, 0.6) is 0 Å². The number of esters is 2. The van der Waals surface area contributed by atoms with E-state index in [0.717, 1.165) is 56.9 Å². The molecule has 1 saturated carbocycles. The van der Waals surface area contributed by atoms with E-state index in [4.69, 9.17) is 4.74 Å². The van der Waals surface area contributed by atoms with E-state index in [1.807, 2.05) is 30.3 Å². The van der Waals surface area contributed by atoms with Gasteiger partial charge in [-0.2, -0.15) is 0 Å². The van der Waals surface area contributed by atoms with Gasteiger partial charge >= 0.3 is 11.9 Å². The monoisotopic (exact) mass is 302 g/mol. The zero-order valence-corrected chi connectivity index (χ0v) is 13.5. The van der Waals surface area contributed by atoms with Gasteiger partial charge in [0.05, 0.1) is 5.41 Å². The van der Waals surface area contributed by atoms with Gasteiger partial charge in [-0.25, -0.2) is 0 Å². The van der Waals surface area contributed by atoms with Gasteiger partial charge in [0.15, 0.2) is 0 Å². The van der Waals surface area contributed by atoms with Crippen LogP contribution in [0.1, 0.15) is 70.3 Å². The van der Waals surface area contributed by atoms with E-state index >= 15 is 0 Å². The Kier molecular flexibility index (Phi) is 6.17. The van der Waals surface area contributed by atoms with Gasteiger partial charge in [-0.1, -0.05) is 69.4 Å². The lowest BCUT2D eigenvalue weighted by atomic mass is 9.69. The van der Waals surface area contributed by atoms with Gasteiger partial charge in [0, 0.05) is 6.42 Å². The molecule has 0 bridgehead atoms. The molecule has 0 radical (unpaired) electrons. The fraction of sp³-hybridized carbons (Fsp3) is 0.579. The molecule has 0 heterocycles. The van der Waals surface area contributed by atoms with Crippen LogP contribution in [0, 0.1) is 0 Å². The van der Waals surface area contributed by atoms with Crippen LogP contribution in [-0.4, -0.2) is 11.9 Å². The molecular weight excluding hydrogens is 276 g/mol. The van der Waals surface area contributed by atoms with Crippen molar-refractivity contribution in [3.05, 3.63) is 35.9 Å². The molecule has 0 saturated heterocycles. The average Bonchev–Trinajstić information content (AvgIpc) is 2.56. The lowest BCUT2D eigenvalue weighted by molar-refractivity contribution is -0.165. The first kappa shape index (κ1) is 16.7. The summed E-state index contributed by atoms with van der Waals surface area (Å²) in [6.07, 6.45) is 7.89. The third-order valence-electron chi connectivity index (χ3n) is 4.62. The summed E-state index contributed by atoms with van der Waals surface area (Å²) >= 11 is 0. The minimum absolute atomic E-state index is 0.338. The molecule has 1 aromatic rings. The van der Waals surface area contributed by atoms with E-state index in [1.165, 1.54) is 0 Å². The van der Waals surface area contributed by atoms with Crippen LogP contribution in [0.25, 0.3) is 0 Å². The number of ether oxygens (including phenoxy) is 1. The van der Waals surface area contributed by atoms with E-state index in [2.05, 4.69) is 6.92 Å². The maximum atomic E-state index is 12.7. The molecule has 0 aliphatic heterocycles. The Labute approximate surface area is 133 Å². The molecule has 3 nitrogen and oxygen atoms in total. The van der Waals surface area contributed by atoms with Gasteiger partial charge in [-0.05, 0) is 24.8 Å². The van der Waals surface area contributed by atoms with Gasteiger partial charge in [0.25, 0.3) is 0 Å². The predicted octanol–water partition coefficient (Wildman–Crippen LogP) is 4.54. The molecule has 1 aliphatic rings. The maximum Gasteiger partial charge on any atom is 0.324 e. The predicted molar refractivity (Wildman–Crippen MR) is 86.4 cm³/mol. The SMILES string of the molecule is CCCCCC(=O)OC(=O)C1(c2ccccc2)CCCCC1. The zero-order valence-electron chi connectivity index (χ0n) is 13.5. The van der Waals surface area contributed by atoms with E-state index in [9.17, 15) is 9.59 Å². The van der Waals surface area contributed by atoms with E-state index in [1.54, 1.807) is 0 Å². The fourth-order valence-electron chi connectivity index (χ4n) is 3.29. The first-order valence-electron chi connectivity index (χ1n) is 8.49. The Balaban J connectivity index is 2.09. The van der Waals surface area contributed by atoms with Gasteiger partial charge in [0.2, 0.25) is 0 Å². The summed E-state index contributed by atoms with van der Waals surface area (Å²) in [6, 6.07) is 9.80. The minimum Gasteiger partial charge on any atom is -0.392 e. The Bertz CT molecular complexity index is 487. The molecule has 0 aromatic heterocycles. The number of carbonyl (C=O) groups is 2. The third kappa shape index (κ3) is 3.96. The van der Waals surface area contributed by atoms with Gasteiger partial charge in [-0.15, -0.1) is 0 Å². The average molecular weight is 302 g/mol. The second kappa shape index (κ2) is 8.11. The molecule has 0 spiro atoms. The molecule has 3 heteroatoms. The Morgan fingerprint density at radius 3 is 2.36 bits per heavy atom. The summed E-state index contributed by atoms with van der Waals surface area (Å²) < 4.78 is 5.22. The van der Waals surface area contributed by atoms with E-state index < -0.39 is 5.41 Å². The van der Waals surface area contributed by atoms with Crippen LogP contribution in [0.3, 0.4) is 0 Å². The normalized spacial score (nSPS) is 17.0. The lowest BCUT2D eigenvalue weighted by Crippen LogP contribution is -2.40. The molecular formula is C19H26O3. The summed E-state index contributed by atoms with van der Waals surface area (Å²) in [5.41, 5.74) is 0.362. The molecule has 2 rings (SSSR count). The van der Waals surface area contributed by atoms with E-state index in [0.29, 0.717) is 6.42 Å². The summed E-state index contributed by atoms with van der Waals surface area (Å²) in [6.45, 7) is 2.09. The minimum atomic E-state index is -0.625. The largest absolute Gasteiger partial charge is 0.392 e.